The average molecular weight is 482 g/mol. The van der Waals surface area contributed by atoms with Crippen LogP contribution >= 0.6 is 0 Å². The first-order valence-corrected chi connectivity index (χ1v) is 12.2. The number of aromatic nitrogens is 3. The van der Waals surface area contributed by atoms with Crippen LogP contribution in [0.2, 0.25) is 0 Å². The fraction of sp³-hybridized carbons (Fsp3) is 0.276. The van der Waals surface area contributed by atoms with Crippen LogP contribution in [0.15, 0.2) is 61.1 Å². The molecule has 4 N–H and O–H groups in total. The van der Waals surface area contributed by atoms with Crippen LogP contribution < -0.4 is 5.73 Å². The van der Waals surface area contributed by atoms with Gasteiger partial charge in [0, 0.05) is 52.8 Å². The van der Waals surface area contributed by atoms with E-state index in [2.05, 4.69) is 45.8 Å². The number of benzene rings is 2. The molecule has 7 nitrogen and oxygen atoms in total. The van der Waals surface area contributed by atoms with E-state index in [0.717, 1.165) is 40.6 Å². The molecule has 0 spiro atoms. The summed E-state index contributed by atoms with van der Waals surface area (Å²) in [6.07, 6.45) is 5.61. The summed E-state index contributed by atoms with van der Waals surface area (Å²) in [5, 5.41) is 19.0. The third-order valence-electron chi connectivity index (χ3n) is 6.36. The second kappa shape index (κ2) is 11.6. The molecule has 7 heteroatoms. The number of fused-ring (bicyclic) bond motifs is 1. The standard InChI is InChI=1S/C29H31N5O2/c1-3-34(4-2)19-25(35)12-14-28(36)21-8-5-20(6-9-21)7-13-26-27-15-22(24-17-32-33-18-24)10-11-23(27)16-31-29(26)30/h5-6,8-11,15-18,25,35H,3-4,12,14,19H2,1-2H3,(H2,30,31)(H,32,33). The summed E-state index contributed by atoms with van der Waals surface area (Å²) in [4.78, 5) is 19.0. The van der Waals surface area contributed by atoms with Gasteiger partial charge in [-0.3, -0.25) is 9.89 Å². The second-order valence-corrected chi connectivity index (χ2v) is 8.74. The first-order chi connectivity index (χ1) is 17.5. The minimum absolute atomic E-state index is 0.0161. The monoisotopic (exact) mass is 481 g/mol. The molecule has 4 aromatic rings. The number of Topliss-reactive ketones (excluding diaryl/α,β-unsaturated/α-hetero) is 1. The van der Waals surface area contributed by atoms with Gasteiger partial charge in [-0.15, -0.1) is 0 Å². The molecule has 0 radical (unpaired) electrons. The lowest BCUT2D eigenvalue weighted by Crippen LogP contribution is -2.32. The normalized spacial score (nSPS) is 11.9. The molecule has 184 valence electrons. The minimum atomic E-state index is -0.507. The number of hydrogen-bond donors (Lipinski definition) is 3. The van der Waals surface area contributed by atoms with Crippen molar-refractivity contribution in [2.45, 2.75) is 32.8 Å². The Morgan fingerprint density at radius 3 is 2.56 bits per heavy atom. The number of nitrogens with one attached hydrogen (secondary N) is 1. The maximum absolute atomic E-state index is 12.6. The average Bonchev–Trinajstić information content (AvgIpc) is 3.45. The lowest BCUT2D eigenvalue weighted by Gasteiger charge is -2.21. The van der Waals surface area contributed by atoms with Gasteiger partial charge in [0.2, 0.25) is 0 Å². The highest BCUT2D eigenvalue weighted by Crippen LogP contribution is 2.27. The molecular weight excluding hydrogens is 450 g/mol. The van der Waals surface area contributed by atoms with Crippen LogP contribution in [0.4, 0.5) is 5.82 Å². The van der Waals surface area contributed by atoms with Gasteiger partial charge in [0.1, 0.15) is 5.82 Å². The van der Waals surface area contributed by atoms with Gasteiger partial charge in [-0.2, -0.15) is 5.10 Å². The highest BCUT2D eigenvalue weighted by molar-refractivity contribution is 5.96. The third-order valence-corrected chi connectivity index (χ3v) is 6.36. The Bertz CT molecular complexity index is 1380. The molecule has 2 aromatic carbocycles. The molecule has 36 heavy (non-hydrogen) atoms. The Hall–Kier alpha value is -3.99. The lowest BCUT2D eigenvalue weighted by molar-refractivity contribution is 0.0877. The minimum Gasteiger partial charge on any atom is -0.392 e. The van der Waals surface area contributed by atoms with Crippen LogP contribution in [-0.2, 0) is 0 Å². The van der Waals surface area contributed by atoms with E-state index in [1.165, 1.54) is 0 Å². The summed E-state index contributed by atoms with van der Waals surface area (Å²) in [5.74, 6) is 6.72. The number of hydrogen-bond acceptors (Lipinski definition) is 6. The molecule has 4 rings (SSSR count). The largest absolute Gasteiger partial charge is 0.392 e. The lowest BCUT2D eigenvalue weighted by atomic mass is 10.0. The van der Waals surface area contributed by atoms with Crippen molar-refractivity contribution in [3.05, 3.63) is 77.7 Å². The number of H-pyrrole nitrogens is 1. The van der Waals surface area contributed by atoms with E-state index >= 15 is 0 Å². The smallest absolute Gasteiger partial charge is 0.162 e. The van der Waals surface area contributed by atoms with Crippen molar-refractivity contribution in [1.82, 2.24) is 20.1 Å². The predicted octanol–water partition coefficient (Wildman–Crippen LogP) is 4.27. The maximum Gasteiger partial charge on any atom is 0.162 e. The zero-order valence-corrected chi connectivity index (χ0v) is 20.7. The van der Waals surface area contributed by atoms with Gasteiger partial charge < -0.3 is 15.7 Å². The fourth-order valence-corrected chi connectivity index (χ4v) is 4.13. The van der Waals surface area contributed by atoms with E-state index in [4.69, 9.17) is 5.73 Å². The molecule has 2 aromatic heterocycles. The Balaban J connectivity index is 1.48. The molecule has 0 aliphatic carbocycles. The van der Waals surface area contributed by atoms with Crippen LogP contribution in [0.1, 0.15) is 48.2 Å². The third kappa shape index (κ3) is 5.98. The zero-order chi connectivity index (χ0) is 25.5. The van der Waals surface area contributed by atoms with Crippen LogP contribution in [0.25, 0.3) is 21.9 Å². The number of carbonyl (C=O) groups excluding carboxylic acids is 1. The van der Waals surface area contributed by atoms with Crippen molar-refractivity contribution in [3.8, 4) is 23.0 Å². The van der Waals surface area contributed by atoms with Crippen molar-refractivity contribution >= 4 is 22.4 Å². The molecule has 1 unspecified atom stereocenters. The zero-order valence-electron chi connectivity index (χ0n) is 20.7. The molecule has 0 fully saturated rings. The maximum atomic E-state index is 12.6. The number of nitrogens with two attached hydrogens (primary N) is 1. The number of pyridine rings is 1. The number of nitrogens with zero attached hydrogens (tertiary/aromatic N) is 3. The van der Waals surface area contributed by atoms with Crippen molar-refractivity contribution in [2.24, 2.45) is 0 Å². The molecule has 2 heterocycles. The Kier molecular flexibility index (Phi) is 8.11. The predicted molar refractivity (Wildman–Crippen MR) is 144 cm³/mol. The van der Waals surface area contributed by atoms with Crippen LogP contribution in [-0.4, -0.2) is 56.7 Å². The topological polar surface area (TPSA) is 108 Å². The van der Waals surface area contributed by atoms with Gasteiger partial charge in [0.05, 0.1) is 17.9 Å². The van der Waals surface area contributed by atoms with Crippen molar-refractivity contribution in [3.63, 3.8) is 0 Å². The van der Waals surface area contributed by atoms with Crippen molar-refractivity contribution in [2.75, 3.05) is 25.4 Å². The molecule has 1 atom stereocenters. The van der Waals surface area contributed by atoms with E-state index in [0.29, 0.717) is 36.3 Å². The molecule has 0 amide bonds. The summed E-state index contributed by atoms with van der Waals surface area (Å²) in [6.45, 7) is 6.49. The SMILES string of the molecule is CCN(CC)CC(O)CCC(=O)c1ccc(C#Cc2c(N)ncc3ccc(-c4cn[nH]c4)cc23)cc1. The number of rotatable bonds is 9. The summed E-state index contributed by atoms with van der Waals surface area (Å²) in [6, 6.07) is 13.3. The highest BCUT2D eigenvalue weighted by Gasteiger charge is 2.13. The molecule has 0 aliphatic heterocycles. The summed E-state index contributed by atoms with van der Waals surface area (Å²) >= 11 is 0. The highest BCUT2D eigenvalue weighted by atomic mass is 16.3. The first kappa shape index (κ1) is 25.1. The van der Waals surface area contributed by atoms with Crippen LogP contribution in [0.3, 0.4) is 0 Å². The van der Waals surface area contributed by atoms with Gasteiger partial charge in [0.15, 0.2) is 5.78 Å². The number of nitrogen functional groups attached to an aromatic ring is 1. The van der Waals surface area contributed by atoms with Crippen LogP contribution in [0.5, 0.6) is 0 Å². The first-order valence-electron chi connectivity index (χ1n) is 12.2. The summed E-state index contributed by atoms with van der Waals surface area (Å²) in [5.41, 5.74) is 10.2. The molecule has 0 aliphatic rings. The number of aromatic amines is 1. The second-order valence-electron chi connectivity index (χ2n) is 8.74. The number of aliphatic hydroxyl groups is 1. The van der Waals surface area contributed by atoms with E-state index in [9.17, 15) is 9.90 Å². The number of anilines is 1. The molecular formula is C29H31N5O2. The summed E-state index contributed by atoms with van der Waals surface area (Å²) < 4.78 is 0. The quantitative estimate of drug-likeness (QED) is 0.243. The number of ketones is 1. The van der Waals surface area contributed by atoms with Crippen LogP contribution in [0, 0.1) is 11.8 Å². The Labute approximate surface area is 211 Å². The van der Waals surface area contributed by atoms with Crippen molar-refractivity contribution < 1.29 is 9.90 Å². The van der Waals surface area contributed by atoms with Crippen molar-refractivity contribution in [1.29, 1.82) is 0 Å². The Morgan fingerprint density at radius 1 is 1.08 bits per heavy atom. The number of likely N-dealkylation sites (N-methyl/N-ethyl adjacent to an activating group) is 1. The molecule has 0 bridgehead atoms. The summed E-state index contributed by atoms with van der Waals surface area (Å²) in [7, 11) is 0. The van der Waals surface area contributed by atoms with E-state index in [-0.39, 0.29) is 5.78 Å². The fourth-order valence-electron chi connectivity index (χ4n) is 4.13. The molecule has 0 saturated heterocycles. The van der Waals surface area contributed by atoms with E-state index in [1.54, 1.807) is 24.5 Å². The Morgan fingerprint density at radius 2 is 1.86 bits per heavy atom. The number of aliphatic hydroxyl groups excluding tert-OH is 1. The van der Waals surface area contributed by atoms with Gasteiger partial charge in [-0.05, 0) is 43.3 Å². The van der Waals surface area contributed by atoms with E-state index in [1.807, 2.05) is 36.5 Å². The molecule has 0 saturated carbocycles. The van der Waals surface area contributed by atoms with Gasteiger partial charge >= 0.3 is 0 Å². The van der Waals surface area contributed by atoms with Gasteiger partial charge in [-0.25, -0.2) is 4.98 Å². The number of carbonyl (C=O) groups is 1. The van der Waals surface area contributed by atoms with Gasteiger partial charge in [-0.1, -0.05) is 50.0 Å². The van der Waals surface area contributed by atoms with E-state index < -0.39 is 6.10 Å². The van der Waals surface area contributed by atoms with Gasteiger partial charge in [0.25, 0.3) is 0 Å².